The van der Waals surface area contributed by atoms with Crippen LogP contribution in [0.1, 0.15) is 17.9 Å². The summed E-state index contributed by atoms with van der Waals surface area (Å²) in [6, 6.07) is 18.1. The molecule has 1 unspecified atom stereocenters. The number of nitrogens with one attached hydrogen (secondary N) is 1. The molecule has 3 rings (SSSR count). The molecule has 0 aromatic heterocycles. The van der Waals surface area contributed by atoms with E-state index in [9.17, 15) is 4.79 Å². The van der Waals surface area contributed by atoms with E-state index in [4.69, 9.17) is 0 Å². The molecule has 0 aliphatic carbocycles. The summed E-state index contributed by atoms with van der Waals surface area (Å²) in [4.78, 5) is 12.9. The summed E-state index contributed by atoms with van der Waals surface area (Å²) in [6.45, 7) is 1.57. The van der Waals surface area contributed by atoms with Gasteiger partial charge in [0.05, 0.1) is 5.69 Å². The Labute approximate surface area is 116 Å². The Morgan fingerprint density at radius 1 is 1.11 bits per heavy atom. The maximum Gasteiger partial charge on any atom is 0.238 e. The van der Waals surface area contributed by atoms with Gasteiger partial charge < -0.3 is 0 Å². The van der Waals surface area contributed by atoms with E-state index in [1.54, 1.807) is 23.7 Å². The average Bonchev–Trinajstić information content (AvgIpc) is 2.47. The summed E-state index contributed by atoms with van der Waals surface area (Å²) >= 11 is 1.73. The molecule has 1 atom stereocenters. The summed E-state index contributed by atoms with van der Waals surface area (Å²) in [6.07, 6.45) is 0. The second kappa shape index (κ2) is 5.07. The Morgan fingerprint density at radius 2 is 1.79 bits per heavy atom. The van der Waals surface area contributed by atoms with Crippen LogP contribution in [0.2, 0.25) is 0 Å². The van der Waals surface area contributed by atoms with Gasteiger partial charge in [-0.3, -0.25) is 4.79 Å². The number of hydrogen-bond acceptors (Lipinski definition) is 3. The molecule has 1 aliphatic heterocycles. The second-order valence-electron chi connectivity index (χ2n) is 4.36. The molecular weight excluding hydrogens is 256 g/mol. The van der Waals surface area contributed by atoms with Gasteiger partial charge >= 0.3 is 0 Å². The molecule has 0 spiro atoms. The first kappa shape index (κ1) is 12.3. The lowest BCUT2D eigenvalue weighted by molar-refractivity contribution is -0.117. The van der Waals surface area contributed by atoms with Crippen molar-refractivity contribution >= 4 is 23.4 Å². The van der Waals surface area contributed by atoms with Crippen LogP contribution in [0.5, 0.6) is 0 Å². The first-order chi connectivity index (χ1) is 9.25. The number of hydrazine groups is 1. The van der Waals surface area contributed by atoms with E-state index in [2.05, 4.69) is 17.6 Å². The van der Waals surface area contributed by atoms with Crippen molar-refractivity contribution < 1.29 is 4.79 Å². The van der Waals surface area contributed by atoms with Crippen molar-refractivity contribution in [3.8, 4) is 0 Å². The normalized spacial score (nSPS) is 17.9. The van der Waals surface area contributed by atoms with Gasteiger partial charge in [-0.25, -0.2) is 10.4 Å². The average molecular weight is 270 g/mol. The number of fused-ring (bicyclic) bond motifs is 1. The van der Waals surface area contributed by atoms with Crippen molar-refractivity contribution in [2.75, 3.05) is 5.01 Å². The van der Waals surface area contributed by atoms with Crippen molar-refractivity contribution in [1.82, 2.24) is 5.43 Å². The summed E-state index contributed by atoms with van der Waals surface area (Å²) in [5, 5.41) is 1.68. The van der Waals surface area contributed by atoms with Crippen molar-refractivity contribution in [2.45, 2.75) is 17.2 Å². The van der Waals surface area contributed by atoms with Crippen molar-refractivity contribution in [3.63, 3.8) is 0 Å². The van der Waals surface area contributed by atoms with Gasteiger partial charge in [0, 0.05) is 11.8 Å². The van der Waals surface area contributed by atoms with Crippen molar-refractivity contribution in [2.24, 2.45) is 0 Å². The number of nitrogens with zero attached hydrogens (tertiary/aromatic N) is 1. The predicted octanol–water partition coefficient (Wildman–Crippen LogP) is 3.35. The number of rotatable bonds is 1. The predicted molar refractivity (Wildman–Crippen MR) is 77.8 cm³/mol. The molecule has 1 heterocycles. The summed E-state index contributed by atoms with van der Waals surface area (Å²) in [5.74, 6) is -0.00585. The highest BCUT2D eigenvalue weighted by Crippen LogP contribution is 2.42. The van der Waals surface area contributed by atoms with Crippen LogP contribution >= 0.6 is 11.8 Å². The highest BCUT2D eigenvalue weighted by atomic mass is 32.2. The molecule has 2 aromatic rings. The maximum absolute atomic E-state index is 11.8. The number of carbonyl (C=O) groups is 1. The van der Waals surface area contributed by atoms with Gasteiger partial charge in [0.1, 0.15) is 5.37 Å². The number of hydrogen-bond donors (Lipinski definition) is 1. The fourth-order valence-electron chi connectivity index (χ4n) is 2.11. The van der Waals surface area contributed by atoms with Crippen LogP contribution < -0.4 is 10.4 Å². The minimum Gasteiger partial charge on any atom is -0.273 e. The zero-order valence-electron chi connectivity index (χ0n) is 10.5. The summed E-state index contributed by atoms with van der Waals surface area (Å²) in [7, 11) is 0. The van der Waals surface area contributed by atoms with Crippen LogP contribution in [0.15, 0.2) is 59.5 Å². The molecule has 1 N–H and O–H groups in total. The Balaban J connectivity index is 1.99. The molecule has 3 nitrogen and oxygen atoms in total. The highest BCUT2D eigenvalue weighted by Gasteiger charge is 2.27. The quantitative estimate of drug-likeness (QED) is 0.862. The van der Waals surface area contributed by atoms with E-state index < -0.39 is 0 Å². The minimum absolute atomic E-state index is 0.00585. The van der Waals surface area contributed by atoms with E-state index >= 15 is 0 Å². The second-order valence-corrected chi connectivity index (χ2v) is 5.51. The van der Waals surface area contributed by atoms with Crippen LogP contribution in [0, 0.1) is 0 Å². The van der Waals surface area contributed by atoms with Crippen LogP contribution in [-0.4, -0.2) is 5.91 Å². The maximum atomic E-state index is 11.8. The topological polar surface area (TPSA) is 32.3 Å². The Bertz CT molecular complexity index is 600. The molecule has 0 fully saturated rings. The van der Waals surface area contributed by atoms with Gasteiger partial charge in [0.2, 0.25) is 5.91 Å². The van der Waals surface area contributed by atoms with Crippen LogP contribution in [0.4, 0.5) is 5.69 Å². The van der Waals surface area contributed by atoms with E-state index in [0.717, 1.165) is 16.1 Å². The molecule has 0 radical (unpaired) electrons. The van der Waals surface area contributed by atoms with Gasteiger partial charge in [-0.05, 0) is 17.7 Å². The molecular formula is C15H14N2OS. The molecule has 0 bridgehead atoms. The number of thioether (sulfide) groups is 1. The third-order valence-corrected chi connectivity index (χ3v) is 4.23. The number of amides is 1. The van der Waals surface area contributed by atoms with Crippen LogP contribution in [0.3, 0.4) is 0 Å². The first-order valence-corrected chi connectivity index (χ1v) is 7.01. The lowest BCUT2D eigenvalue weighted by atomic mass is 10.2. The van der Waals surface area contributed by atoms with Gasteiger partial charge in [0.15, 0.2) is 0 Å². The largest absolute Gasteiger partial charge is 0.273 e. The number of carbonyl (C=O) groups excluding carboxylic acids is 1. The van der Waals surface area contributed by atoms with Gasteiger partial charge in [-0.2, -0.15) is 0 Å². The van der Waals surface area contributed by atoms with Gasteiger partial charge in [0.25, 0.3) is 0 Å². The Kier molecular flexibility index (Phi) is 3.27. The Hall–Kier alpha value is -1.78. The van der Waals surface area contributed by atoms with E-state index in [-0.39, 0.29) is 11.3 Å². The zero-order chi connectivity index (χ0) is 13.2. The zero-order valence-corrected chi connectivity index (χ0v) is 11.4. The minimum atomic E-state index is -0.00585. The SMILES string of the molecule is CC(=O)N1NC(c2ccccc2)Sc2ccccc21. The van der Waals surface area contributed by atoms with E-state index in [0.29, 0.717) is 0 Å². The molecule has 1 amide bonds. The monoisotopic (exact) mass is 270 g/mol. The molecule has 19 heavy (non-hydrogen) atoms. The van der Waals surface area contributed by atoms with Gasteiger partial charge in [-0.1, -0.05) is 54.2 Å². The highest BCUT2D eigenvalue weighted by molar-refractivity contribution is 7.99. The third-order valence-electron chi connectivity index (χ3n) is 3.01. The Morgan fingerprint density at radius 3 is 2.53 bits per heavy atom. The van der Waals surface area contributed by atoms with E-state index in [1.165, 1.54) is 0 Å². The summed E-state index contributed by atoms with van der Waals surface area (Å²) in [5.41, 5.74) is 5.36. The fourth-order valence-corrected chi connectivity index (χ4v) is 3.26. The number of benzene rings is 2. The lowest BCUT2D eigenvalue weighted by Gasteiger charge is -2.34. The van der Waals surface area contributed by atoms with Crippen LogP contribution in [0.25, 0.3) is 0 Å². The molecule has 0 saturated carbocycles. The van der Waals surface area contributed by atoms with Gasteiger partial charge in [-0.15, -0.1) is 0 Å². The molecule has 0 saturated heterocycles. The molecule has 4 heteroatoms. The summed E-state index contributed by atoms with van der Waals surface area (Å²) < 4.78 is 0. The molecule has 1 aliphatic rings. The van der Waals surface area contributed by atoms with Crippen molar-refractivity contribution in [1.29, 1.82) is 0 Å². The standard InChI is InChI=1S/C15H14N2OS/c1-11(18)17-13-9-5-6-10-14(13)19-15(16-17)12-7-3-2-4-8-12/h2-10,15-16H,1H3. The first-order valence-electron chi connectivity index (χ1n) is 6.13. The number of anilines is 1. The van der Waals surface area contributed by atoms with Crippen molar-refractivity contribution in [3.05, 3.63) is 60.2 Å². The number of para-hydroxylation sites is 1. The smallest absolute Gasteiger partial charge is 0.238 e. The van der Waals surface area contributed by atoms with Crippen LogP contribution in [-0.2, 0) is 4.79 Å². The molecule has 2 aromatic carbocycles. The third kappa shape index (κ3) is 2.37. The fraction of sp³-hybridized carbons (Fsp3) is 0.133. The molecule has 96 valence electrons. The lowest BCUT2D eigenvalue weighted by Crippen LogP contribution is -2.45. The van der Waals surface area contributed by atoms with E-state index in [1.807, 2.05) is 42.5 Å².